The Bertz CT molecular complexity index is 586. The van der Waals surface area contributed by atoms with Crippen LogP contribution in [0.15, 0.2) is 24.3 Å². The van der Waals surface area contributed by atoms with E-state index < -0.39 is 0 Å². The van der Waals surface area contributed by atoms with Crippen molar-refractivity contribution < 1.29 is 4.74 Å². The summed E-state index contributed by atoms with van der Waals surface area (Å²) in [6.45, 7) is 4.73. The van der Waals surface area contributed by atoms with Gasteiger partial charge in [-0.2, -0.15) is 5.10 Å². The van der Waals surface area contributed by atoms with Gasteiger partial charge in [0.25, 0.3) is 0 Å². The van der Waals surface area contributed by atoms with Crippen LogP contribution in [0.4, 0.5) is 0 Å². The summed E-state index contributed by atoms with van der Waals surface area (Å²) in [7, 11) is 1.87. The third-order valence-corrected chi connectivity index (χ3v) is 3.23. The molecule has 5 heteroatoms. The summed E-state index contributed by atoms with van der Waals surface area (Å²) >= 11 is 5.05. The van der Waals surface area contributed by atoms with Crippen molar-refractivity contribution in [1.29, 1.82) is 0 Å². The Morgan fingerprint density at radius 3 is 2.83 bits per heavy atom. The van der Waals surface area contributed by atoms with Gasteiger partial charge in [-0.3, -0.25) is 5.10 Å². The van der Waals surface area contributed by atoms with Gasteiger partial charge in [-0.05, 0) is 35.8 Å². The van der Waals surface area contributed by atoms with Crippen molar-refractivity contribution in [1.82, 2.24) is 14.8 Å². The van der Waals surface area contributed by atoms with E-state index in [-0.39, 0.29) is 0 Å². The summed E-state index contributed by atoms with van der Waals surface area (Å²) in [4.78, 5) is 0. The van der Waals surface area contributed by atoms with E-state index >= 15 is 0 Å². The average molecular weight is 263 g/mol. The minimum atomic E-state index is 0.408. The van der Waals surface area contributed by atoms with Crippen molar-refractivity contribution in [3.63, 3.8) is 0 Å². The van der Waals surface area contributed by atoms with Gasteiger partial charge in [-0.25, -0.2) is 0 Å². The van der Waals surface area contributed by atoms with E-state index in [1.54, 1.807) is 0 Å². The summed E-state index contributed by atoms with van der Waals surface area (Å²) in [6, 6.07) is 8.13. The number of aromatic nitrogens is 3. The summed E-state index contributed by atoms with van der Waals surface area (Å²) in [6.07, 6.45) is 0. The molecule has 0 amide bonds. The van der Waals surface area contributed by atoms with E-state index in [0.29, 0.717) is 17.3 Å². The Kier molecular flexibility index (Phi) is 3.81. The van der Waals surface area contributed by atoms with Crippen LogP contribution in [-0.2, 0) is 13.7 Å². The van der Waals surface area contributed by atoms with Crippen molar-refractivity contribution in [3.8, 4) is 5.75 Å². The maximum atomic E-state index is 5.73. The van der Waals surface area contributed by atoms with Crippen molar-refractivity contribution in [2.45, 2.75) is 26.4 Å². The summed E-state index contributed by atoms with van der Waals surface area (Å²) < 4.78 is 8.14. The first kappa shape index (κ1) is 12.8. The second kappa shape index (κ2) is 5.35. The van der Waals surface area contributed by atoms with Gasteiger partial charge in [0.05, 0.1) is 0 Å². The fraction of sp³-hybridized carbons (Fsp3) is 0.385. The molecule has 1 aromatic carbocycles. The lowest BCUT2D eigenvalue weighted by molar-refractivity contribution is 0.290. The SMILES string of the molecule is CC(C)c1cccc(OCc2n[nH]c(=S)n2C)c1. The molecule has 0 atom stereocenters. The minimum absolute atomic E-state index is 0.408. The van der Waals surface area contributed by atoms with Gasteiger partial charge in [0.1, 0.15) is 12.4 Å². The van der Waals surface area contributed by atoms with Gasteiger partial charge in [-0.15, -0.1) is 0 Å². The molecule has 0 bridgehead atoms. The molecule has 0 spiro atoms. The molecule has 18 heavy (non-hydrogen) atoms. The lowest BCUT2D eigenvalue weighted by Crippen LogP contribution is -2.03. The zero-order valence-corrected chi connectivity index (χ0v) is 11.6. The molecule has 1 aromatic heterocycles. The van der Waals surface area contributed by atoms with Crippen LogP contribution in [0.25, 0.3) is 0 Å². The third kappa shape index (κ3) is 2.79. The molecular weight excluding hydrogens is 246 g/mol. The van der Waals surface area contributed by atoms with Gasteiger partial charge in [-0.1, -0.05) is 26.0 Å². The Hall–Kier alpha value is -1.62. The average Bonchev–Trinajstić information content (AvgIpc) is 2.68. The van der Waals surface area contributed by atoms with Gasteiger partial charge in [0.2, 0.25) is 0 Å². The number of benzene rings is 1. The fourth-order valence-corrected chi connectivity index (χ4v) is 1.77. The number of hydrogen-bond acceptors (Lipinski definition) is 3. The molecule has 0 aliphatic heterocycles. The topological polar surface area (TPSA) is 42.8 Å². The van der Waals surface area contributed by atoms with Crippen LogP contribution in [0.2, 0.25) is 0 Å². The van der Waals surface area contributed by atoms with Gasteiger partial charge >= 0.3 is 0 Å². The molecule has 0 fully saturated rings. The van der Waals surface area contributed by atoms with Crippen molar-refractivity contribution in [3.05, 3.63) is 40.4 Å². The Labute approximate surface area is 112 Å². The number of nitrogens with zero attached hydrogens (tertiary/aromatic N) is 2. The standard InChI is InChI=1S/C13H17N3OS/c1-9(2)10-5-4-6-11(7-10)17-8-12-14-15-13(18)16(12)3/h4-7,9H,8H2,1-3H3,(H,15,18). The quantitative estimate of drug-likeness (QED) is 0.861. The fourth-order valence-electron chi connectivity index (χ4n) is 1.62. The number of nitrogens with one attached hydrogen (secondary N) is 1. The van der Waals surface area contributed by atoms with E-state index in [9.17, 15) is 0 Å². The maximum Gasteiger partial charge on any atom is 0.194 e. The molecule has 4 nitrogen and oxygen atoms in total. The van der Waals surface area contributed by atoms with E-state index in [4.69, 9.17) is 17.0 Å². The van der Waals surface area contributed by atoms with Gasteiger partial charge in [0, 0.05) is 7.05 Å². The highest BCUT2D eigenvalue weighted by molar-refractivity contribution is 7.71. The smallest absolute Gasteiger partial charge is 0.194 e. The molecular formula is C13H17N3OS. The number of hydrogen-bond donors (Lipinski definition) is 1. The van der Waals surface area contributed by atoms with E-state index in [1.807, 2.05) is 23.7 Å². The highest BCUT2D eigenvalue weighted by Gasteiger charge is 2.04. The van der Waals surface area contributed by atoms with Crippen LogP contribution in [0, 0.1) is 4.77 Å². The second-order valence-electron chi connectivity index (χ2n) is 4.52. The van der Waals surface area contributed by atoms with Crippen LogP contribution < -0.4 is 4.74 Å². The van der Waals surface area contributed by atoms with E-state index in [1.165, 1.54) is 5.56 Å². The predicted octanol–water partition coefficient (Wildman–Crippen LogP) is 3.18. The normalized spacial score (nSPS) is 10.9. The molecule has 1 N–H and O–H groups in total. The number of H-pyrrole nitrogens is 1. The highest BCUT2D eigenvalue weighted by atomic mass is 32.1. The first-order chi connectivity index (χ1) is 8.58. The summed E-state index contributed by atoms with van der Waals surface area (Å²) in [5.41, 5.74) is 1.27. The number of ether oxygens (including phenoxy) is 1. The van der Waals surface area contributed by atoms with Crippen LogP contribution in [0.1, 0.15) is 31.2 Å². The molecule has 0 aliphatic carbocycles. The Morgan fingerprint density at radius 1 is 1.44 bits per heavy atom. The molecule has 0 aliphatic rings. The zero-order valence-electron chi connectivity index (χ0n) is 10.8. The lowest BCUT2D eigenvalue weighted by Gasteiger charge is -2.09. The lowest BCUT2D eigenvalue weighted by atomic mass is 10.0. The summed E-state index contributed by atoms with van der Waals surface area (Å²) in [5.74, 6) is 2.14. The number of rotatable bonds is 4. The third-order valence-electron chi connectivity index (χ3n) is 2.87. The first-order valence-corrected chi connectivity index (χ1v) is 6.32. The molecule has 1 heterocycles. The minimum Gasteiger partial charge on any atom is -0.486 e. The molecule has 2 rings (SSSR count). The Balaban J connectivity index is 2.08. The van der Waals surface area contributed by atoms with Crippen LogP contribution in [0.3, 0.4) is 0 Å². The molecule has 2 aromatic rings. The molecule has 0 saturated heterocycles. The molecule has 96 valence electrons. The highest BCUT2D eigenvalue weighted by Crippen LogP contribution is 2.20. The van der Waals surface area contributed by atoms with Crippen molar-refractivity contribution >= 4 is 12.2 Å². The van der Waals surface area contributed by atoms with Crippen LogP contribution >= 0.6 is 12.2 Å². The van der Waals surface area contributed by atoms with E-state index in [0.717, 1.165) is 11.6 Å². The molecule has 0 unspecified atom stereocenters. The second-order valence-corrected chi connectivity index (χ2v) is 4.91. The van der Waals surface area contributed by atoms with Crippen molar-refractivity contribution in [2.75, 3.05) is 0 Å². The predicted molar refractivity (Wildman–Crippen MR) is 73.3 cm³/mol. The first-order valence-electron chi connectivity index (χ1n) is 5.91. The van der Waals surface area contributed by atoms with Crippen molar-refractivity contribution in [2.24, 2.45) is 7.05 Å². The zero-order chi connectivity index (χ0) is 13.1. The monoisotopic (exact) mass is 263 g/mol. The van der Waals surface area contributed by atoms with Crippen LogP contribution in [0.5, 0.6) is 5.75 Å². The molecule has 0 saturated carbocycles. The van der Waals surface area contributed by atoms with Gasteiger partial charge < -0.3 is 9.30 Å². The van der Waals surface area contributed by atoms with E-state index in [2.05, 4.69) is 36.2 Å². The largest absolute Gasteiger partial charge is 0.486 e. The Morgan fingerprint density at radius 2 is 2.22 bits per heavy atom. The number of aromatic amines is 1. The maximum absolute atomic E-state index is 5.73. The molecule has 0 radical (unpaired) electrons. The van der Waals surface area contributed by atoms with Gasteiger partial charge in [0.15, 0.2) is 10.6 Å². The summed E-state index contributed by atoms with van der Waals surface area (Å²) in [5, 5.41) is 6.85. The van der Waals surface area contributed by atoms with Crippen LogP contribution in [-0.4, -0.2) is 14.8 Å².